The summed E-state index contributed by atoms with van der Waals surface area (Å²) in [4.78, 5) is 40.2. The van der Waals surface area contributed by atoms with Crippen LogP contribution in [0.2, 0.25) is 0 Å². The van der Waals surface area contributed by atoms with Gasteiger partial charge in [-0.15, -0.1) is 0 Å². The molecule has 10 heteroatoms. The molecule has 0 bridgehead atoms. The summed E-state index contributed by atoms with van der Waals surface area (Å²) in [6.07, 6.45) is 2.60. The third kappa shape index (κ3) is 10.1. The highest BCUT2D eigenvalue weighted by Crippen LogP contribution is 2.42. The van der Waals surface area contributed by atoms with Crippen molar-refractivity contribution in [1.82, 2.24) is 15.5 Å². The van der Waals surface area contributed by atoms with Crippen molar-refractivity contribution in [3.05, 3.63) is 95.6 Å². The second-order valence-electron chi connectivity index (χ2n) is 12.3. The van der Waals surface area contributed by atoms with Crippen molar-refractivity contribution in [2.75, 3.05) is 54.1 Å². The number of benzene rings is 3. The molecule has 10 nitrogen and oxygen atoms in total. The number of nitrogens with zero attached hydrogens (tertiary/aromatic N) is 1. The Morgan fingerprint density at radius 1 is 0.776 bits per heavy atom. The zero-order chi connectivity index (χ0) is 35.1. The van der Waals surface area contributed by atoms with Crippen molar-refractivity contribution in [2.45, 2.75) is 57.2 Å². The zero-order valence-electron chi connectivity index (χ0n) is 29.2. The molecule has 1 fully saturated rings. The van der Waals surface area contributed by atoms with Gasteiger partial charge in [0.1, 0.15) is 23.2 Å². The van der Waals surface area contributed by atoms with Gasteiger partial charge in [-0.2, -0.15) is 0 Å². The minimum Gasteiger partial charge on any atom is -0.497 e. The molecule has 2 amide bonds. The quantitative estimate of drug-likeness (QED) is 0.103. The smallest absolute Gasteiger partial charge is 0.306 e. The first kappa shape index (κ1) is 37.4. The topological polar surface area (TPSA) is 115 Å². The number of carbonyl (C=O) groups excluding carboxylic acids is 3. The largest absolute Gasteiger partial charge is 0.497 e. The maximum atomic E-state index is 13.4. The SMILES string of the molecule is CCNC(=O)CCC(=O)OC1CN(C(=O)CCCCCNC)CC1COC(c1ccccc1)(c1ccc(OC)cc1)c1ccc(OC)cc1. The summed E-state index contributed by atoms with van der Waals surface area (Å²) in [6, 6.07) is 25.6. The lowest BCUT2D eigenvalue weighted by molar-refractivity contribution is -0.153. The van der Waals surface area contributed by atoms with Crippen molar-refractivity contribution in [2.24, 2.45) is 5.92 Å². The third-order valence-electron chi connectivity index (χ3n) is 8.95. The van der Waals surface area contributed by atoms with Crippen molar-refractivity contribution < 1.29 is 33.3 Å². The van der Waals surface area contributed by atoms with Crippen LogP contribution in [0.15, 0.2) is 78.9 Å². The van der Waals surface area contributed by atoms with Crippen LogP contribution in [0, 0.1) is 5.92 Å². The fraction of sp³-hybridized carbons (Fsp3) is 0.462. The van der Waals surface area contributed by atoms with Crippen LogP contribution >= 0.6 is 0 Å². The van der Waals surface area contributed by atoms with E-state index >= 15 is 0 Å². The van der Waals surface area contributed by atoms with E-state index in [9.17, 15) is 14.4 Å². The maximum absolute atomic E-state index is 13.4. The van der Waals surface area contributed by atoms with Gasteiger partial charge in [-0.25, -0.2) is 0 Å². The number of ether oxygens (including phenoxy) is 4. The first-order valence-corrected chi connectivity index (χ1v) is 17.2. The Balaban J connectivity index is 1.65. The van der Waals surface area contributed by atoms with Gasteiger partial charge in [0.25, 0.3) is 0 Å². The molecular formula is C39H51N3O7. The molecule has 1 aliphatic rings. The molecule has 1 saturated heterocycles. The molecule has 3 aromatic carbocycles. The van der Waals surface area contributed by atoms with Crippen LogP contribution in [0.5, 0.6) is 11.5 Å². The van der Waals surface area contributed by atoms with Gasteiger partial charge in [0.2, 0.25) is 11.8 Å². The summed E-state index contributed by atoms with van der Waals surface area (Å²) < 4.78 is 24.1. The first-order valence-electron chi connectivity index (χ1n) is 17.2. The third-order valence-corrected chi connectivity index (χ3v) is 8.95. The van der Waals surface area contributed by atoms with Crippen molar-refractivity contribution in [3.8, 4) is 11.5 Å². The molecule has 3 aromatic rings. The summed E-state index contributed by atoms with van der Waals surface area (Å²) in [5.74, 6) is 0.498. The molecule has 0 saturated carbocycles. The van der Waals surface area contributed by atoms with Gasteiger partial charge in [0.15, 0.2) is 0 Å². The molecule has 0 aromatic heterocycles. The molecule has 2 N–H and O–H groups in total. The fourth-order valence-corrected chi connectivity index (χ4v) is 6.29. The number of methoxy groups -OCH3 is 2. The van der Waals surface area contributed by atoms with Crippen LogP contribution in [0.3, 0.4) is 0 Å². The number of carbonyl (C=O) groups is 3. The molecular weight excluding hydrogens is 622 g/mol. The lowest BCUT2D eigenvalue weighted by atomic mass is 9.80. The number of amides is 2. The number of unbranched alkanes of at least 4 members (excludes halogenated alkanes) is 2. The normalized spacial score (nSPS) is 15.9. The van der Waals surface area contributed by atoms with Gasteiger partial charge in [-0.1, -0.05) is 61.0 Å². The minimum absolute atomic E-state index is 0.0370. The number of hydrogen-bond acceptors (Lipinski definition) is 8. The van der Waals surface area contributed by atoms with Crippen LogP contribution in [0.4, 0.5) is 0 Å². The number of hydrogen-bond donors (Lipinski definition) is 2. The summed E-state index contributed by atoms with van der Waals surface area (Å²) in [6.45, 7) is 4.09. The zero-order valence-corrected chi connectivity index (χ0v) is 29.2. The van der Waals surface area contributed by atoms with Crippen LogP contribution in [-0.4, -0.2) is 82.8 Å². The van der Waals surface area contributed by atoms with E-state index in [1.165, 1.54) is 0 Å². The Labute approximate surface area is 290 Å². The molecule has 2 unspecified atom stereocenters. The molecule has 1 aliphatic heterocycles. The Morgan fingerprint density at radius 3 is 1.96 bits per heavy atom. The second-order valence-corrected chi connectivity index (χ2v) is 12.3. The number of rotatable bonds is 19. The van der Waals surface area contributed by atoms with Gasteiger partial charge in [0, 0.05) is 31.8 Å². The van der Waals surface area contributed by atoms with Crippen LogP contribution in [0.1, 0.15) is 62.1 Å². The molecule has 4 rings (SSSR count). The highest BCUT2D eigenvalue weighted by Gasteiger charge is 2.43. The van der Waals surface area contributed by atoms with Crippen LogP contribution in [-0.2, 0) is 29.5 Å². The summed E-state index contributed by atoms with van der Waals surface area (Å²) in [5.41, 5.74) is 1.62. The van der Waals surface area contributed by atoms with Gasteiger partial charge in [0.05, 0.1) is 33.8 Å². The van der Waals surface area contributed by atoms with Crippen molar-refractivity contribution >= 4 is 17.8 Å². The van der Waals surface area contributed by atoms with Gasteiger partial charge in [-0.05, 0) is 74.3 Å². The Morgan fingerprint density at radius 2 is 1.39 bits per heavy atom. The van der Waals surface area contributed by atoms with E-state index in [0.29, 0.717) is 19.5 Å². The van der Waals surface area contributed by atoms with Crippen LogP contribution in [0.25, 0.3) is 0 Å². The van der Waals surface area contributed by atoms with Gasteiger partial charge in [-0.3, -0.25) is 14.4 Å². The molecule has 1 heterocycles. The predicted octanol–water partition coefficient (Wildman–Crippen LogP) is 5.08. The van der Waals surface area contributed by atoms with Gasteiger partial charge < -0.3 is 34.5 Å². The monoisotopic (exact) mass is 673 g/mol. The van der Waals surface area contributed by atoms with E-state index < -0.39 is 17.7 Å². The van der Waals surface area contributed by atoms with Gasteiger partial charge >= 0.3 is 5.97 Å². The molecule has 49 heavy (non-hydrogen) atoms. The summed E-state index contributed by atoms with van der Waals surface area (Å²) >= 11 is 0. The Bertz CT molecular complexity index is 1420. The van der Waals surface area contributed by atoms with E-state index in [-0.39, 0.29) is 43.7 Å². The molecule has 0 radical (unpaired) electrons. The van der Waals surface area contributed by atoms with E-state index in [1.807, 2.05) is 92.8 Å². The van der Waals surface area contributed by atoms with Crippen LogP contribution < -0.4 is 20.1 Å². The number of esters is 1. The number of likely N-dealkylation sites (tertiary alicyclic amines) is 1. The standard InChI is InChI=1S/C39H51N3O7/c1-5-41-36(43)23-24-38(45)49-35-27-42(37(44)14-10-7-11-25-40-2)26-29(35)28-48-39(30-12-8-6-9-13-30,31-15-19-33(46-3)20-16-31)32-17-21-34(47-4)22-18-32/h6,8-9,12-13,15-22,29,35,40H,5,7,10-11,14,23-28H2,1-4H3,(H,41,43). The summed E-state index contributed by atoms with van der Waals surface area (Å²) in [5, 5.41) is 5.86. The van der Waals surface area contributed by atoms with E-state index in [0.717, 1.165) is 54.0 Å². The second kappa shape index (κ2) is 19.0. The maximum Gasteiger partial charge on any atom is 0.306 e. The fourth-order valence-electron chi connectivity index (χ4n) is 6.29. The molecule has 264 valence electrons. The van der Waals surface area contributed by atoms with Crippen molar-refractivity contribution in [1.29, 1.82) is 0 Å². The predicted molar refractivity (Wildman–Crippen MR) is 189 cm³/mol. The van der Waals surface area contributed by atoms with E-state index in [1.54, 1.807) is 19.1 Å². The average molecular weight is 674 g/mol. The first-order chi connectivity index (χ1) is 23.8. The lowest BCUT2D eigenvalue weighted by Gasteiger charge is -2.37. The minimum atomic E-state index is -1.06. The number of nitrogens with one attached hydrogen (secondary N) is 2. The molecule has 0 aliphatic carbocycles. The highest BCUT2D eigenvalue weighted by molar-refractivity contribution is 5.81. The molecule has 0 spiro atoms. The Kier molecular flexibility index (Phi) is 14.5. The van der Waals surface area contributed by atoms with E-state index in [4.69, 9.17) is 18.9 Å². The average Bonchev–Trinajstić information content (AvgIpc) is 3.54. The summed E-state index contributed by atoms with van der Waals surface area (Å²) in [7, 11) is 5.18. The Hall–Kier alpha value is -4.41. The lowest BCUT2D eigenvalue weighted by Crippen LogP contribution is -2.37. The van der Waals surface area contributed by atoms with E-state index in [2.05, 4.69) is 10.6 Å². The molecule has 2 atom stereocenters. The highest BCUT2D eigenvalue weighted by atomic mass is 16.5. The van der Waals surface area contributed by atoms with Crippen molar-refractivity contribution in [3.63, 3.8) is 0 Å².